The van der Waals surface area contributed by atoms with E-state index in [1.165, 1.54) is 24.1 Å². The number of hydrogen-bond donors (Lipinski definition) is 2. The average molecular weight is 421 g/mol. The van der Waals surface area contributed by atoms with Gasteiger partial charge in [0.1, 0.15) is 11.7 Å². The van der Waals surface area contributed by atoms with Gasteiger partial charge in [-0.2, -0.15) is 0 Å². The number of amidine groups is 1. The van der Waals surface area contributed by atoms with Gasteiger partial charge in [-0.3, -0.25) is 20.0 Å². The Morgan fingerprint density at radius 3 is 2.28 bits per heavy atom. The quantitative estimate of drug-likeness (QED) is 0.426. The van der Waals surface area contributed by atoms with Crippen molar-refractivity contribution in [2.75, 3.05) is 30.0 Å². The third-order valence-electron chi connectivity index (χ3n) is 4.66. The fourth-order valence-electron chi connectivity index (χ4n) is 3.10. The SMILES string of the molecule is COC(=O)CCc1ccc(N2CCN(c3ccc(C(=N)N)c(F)c3)C2=O)cc1.Cl. The number of nitrogens with one attached hydrogen (secondary N) is 1. The summed E-state index contributed by atoms with van der Waals surface area (Å²) in [4.78, 5) is 27.1. The molecule has 1 heterocycles. The molecule has 154 valence electrons. The molecule has 1 fully saturated rings. The van der Waals surface area contributed by atoms with Crippen molar-refractivity contribution in [2.24, 2.45) is 5.73 Å². The summed E-state index contributed by atoms with van der Waals surface area (Å²) in [6.07, 6.45) is 0.864. The van der Waals surface area contributed by atoms with E-state index in [4.69, 9.17) is 11.1 Å². The molecule has 0 aromatic heterocycles. The highest BCUT2D eigenvalue weighted by Gasteiger charge is 2.31. The van der Waals surface area contributed by atoms with Crippen molar-refractivity contribution in [1.82, 2.24) is 0 Å². The number of anilines is 2. The molecule has 1 aliphatic rings. The van der Waals surface area contributed by atoms with Gasteiger partial charge in [0.15, 0.2) is 0 Å². The molecule has 0 unspecified atom stereocenters. The molecule has 1 saturated heterocycles. The number of methoxy groups -OCH3 is 1. The second-order valence-corrected chi connectivity index (χ2v) is 6.41. The number of rotatable bonds is 6. The van der Waals surface area contributed by atoms with E-state index in [0.717, 1.165) is 11.3 Å². The predicted octanol–water partition coefficient (Wildman–Crippen LogP) is 3.08. The molecule has 0 bridgehead atoms. The van der Waals surface area contributed by atoms with Crippen molar-refractivity contribution >= 4 is 41.6 Å². The van der Waals surface area contributed by atoms with Crippen LogP contribution in [0.3, 0.4) is 0 Å². The highest BCUT2D eigenvalue weighted by molar-refractivity contribution is 6.06. The number of nitrogens with two attached hydrogens (primary N) is 1. The van der Waals surface area contributed by atoms with E-state index in [2.05, 4.69) is 4.74 Å². The predicted molar refractivity (Wildman–Crippen MR) is 112 cm³/mol. The summed E-state index contributed by atoms with van der Waals surface area (Å²) in [7, 11) is 1.36. The van der Waals surface area contributed by atoms with Crippen molar-refractivity contribution in [3.05, 3.63) is 59.4 Å². The van der Waals surface area contributed by atoms with E-state index < -0.39 is 5.82 Å². The van der Waals surface area contributed by atoms with Crippen molar-refractivity contribution < 1.29 is 18.7 Å². The number of nitrogen functional groups attached to an aromatic ring is 1. The zero-order valence-electron chi connectivity index (χ0n) is 15.9. The molecule has 1 aliphatic heterocycles. The van der Waals surface area contributed by atoms with Crippen LogP contribution in [0.5, 0.6) is 0 Å². The first-order valence-corrected chi connectivity index (χ1v) is 8.79. The Balaban J connectivity index is 0.00000300. The second kappa shape index (κ2) is 9.38. The standard InChI is InChI=1S/C20H21FN4O3.ClH/c1-28-18(26)9-4-13-2-5-14(6-3-13)24-10-11-25(20(24)27)15-7-8-16(19(22)23)17(21)12-15;/h2-3,5-8,12H,4,9-11H2,1H3,(H3,22,23);1H. The number of urea groups is 1. The van der Waals surface area contributed by atoms with Gasteiger partial charge in [0.05, 0.1) is 12.7 Å². The van der Waals surface area contributed by atoms with Crippen molar-refractivity contribution in [2.45, 2.75) is 12.8 Å². The summed E-state index contributed by atoms with van der Waals surface area (Å²) < 4.78 is 18.7. The Hall–Kier alpha value is -3.13. The summed E-state index contributed by atoms with van der Waals surface area (Å²) in [5.41, 5.74) is 7.46. The van der Waals surface area contributed by atoms with E-state index in [1.54, 1.807) is 11.0 Å². The lowest BCUT2D eigenvalue weighted by molar-refractivity contribution is -0.140. The molecule has 9 heteroatoms. The van der Waals surface area contributed by atoms with Gasteiger partial charge in [-0.1, -0.05) is 12.1 Å². The van der Waals surface area contributed by atoms with Crippen LogP contribution in [-0.2, 0) is 16.0 Å². The Morgan fingerprint density at radius 1 is 1.14 bits per heavy atom. The van der Waals surface area contributed by atoms with Crippen LogP contribution >= 0.6 is 12.4 Å². The third-order valence-corrected chi connectivity index (χ3v) is 4.66. The normalized spacial score (nSPS) is 13.2. The summed E-state index contributed by atoms with van der Waals surface area (Å²) in [5.74, 6) is -1.26. The minimum Gasteiger partial charge on any atom is -0.469 e. The fraction of sp³-hybridized carbons (Fsp3) is 0.250. The van der Waals surface area contributed by atoms with Gasteiger partial charge in [0.2, 0.25) is 0 Å². The van der Waals surface area contributed by atoms with E-state index in [-0.39, 0.29) is 35.8 Å². The molecule has 2 aromatic carbocycles. The topological polar surface area (TPSA) is 99.7 Å². The smallest absolute Gasteiger partial charge is 0.329 e. The fourth-order valence-corrected chi connectivity index (χ4v) is 3.10. The monoisotopic (exact) mass is 420 g/mol. The number of aryl methyl sites for hydroxylation is 1. The molecule has 0 atom stereocenters. The van der Waals surface area contributed by atoms with Gasteiger partial charge < -0.3 is 10.5 Å². The van der Waals surface area contributed by atoms with Gasteiger partial charge in [-0.15, -0.1) is 12.4 Å². The number of carbonyl (C=O) groups excluding carboxylic acids is 2. The van der Waals surface area contributed by atoms with Gasteiger partial charge in [-0.05, 0) is 42.3 Å². The lowest BCUT2D eigenvalue weighted by atomic mass is 10.1. The zero-order chi connectivity index (χ0) is 20.3. The minimum absolute atomic E-state index is 0. The van der Waals surface area contributed by atoms with Crippen molar-refractivity contribution in [1.29, 1.82) is 5.41 Å². The lowest BCUT2D eigenvalue weighted by Crippen LogP contribution is -2.31. The lowest BCUT2D eigenvalue weighted by Gasteiger charge is -2.19. The van der Waals surface area contributed by atoms with Gasteiger partial charge in [0, 0.05) is 30.9 Å². The summed E-state index contributed by atoms with van der Waals surface area (Å²) in [5, 5.41) is 7.35. The summed E-state index contributed by atoms with van der Waals surface area (Å²) in [6, 6.07) is 11.3. The zero-order valence-corrected chi connectivity index (χ0v) is 16.7. The van der Waals surface area contributed by atoms with Crippen LogP contribution in [0.15, 0.2) is 42.5 Å². The van der Waals surface area contributed by atoms with Crippen molar-refractivity contribution in [3.8, 4) is 0 Å². The van der Waals surface area contributed by atoms with Crippen LogP contribution in [0.1, 0.15) is 17.5 Å². The molecule has 7 nitrogen and oxygen atoms in total. The first-order chi connectivity index (χ1) is 13.4. The Kier molecular flexibility index (Phi) is 7.17. The number of hydrogen-bond acceptors (Lipinski definition) is 4. The molecule has 0 saturated carbocycles. The second-order valence-electron chi connectivity index (χ2n) is 6.41. The Bertz CT molecular complexity index is 920. The molecular weight excluding hydrogens is 399 g/mol. The maximum atomic E-state index is 14.1. The molecule has 3 N–H and O–H groups in total. The number of nitrogens with zero attached hydrogens (tertiary/aromatic N) is 2. The first-order valence-electron chi connectivity index (χ1n) is 8.79. The molecule has 29 heavy (non-hydrogen) atoms. The van der Waals surface area contributed by atoms with E-state index >= 15 is 0 Å². The highest BCUT2D eigenvalue weighted by Crippen LogP contribution is 2.27. The number of halogens is 2. The maximum absolute atomic E-state index is 14.1. The largest absolute Gasteiger partial charge is 0.469 e. The van der Waals surface area contributed by atoms with Gasteiger partial charge in [-0.25, -0.2) is 9.18 Å². The molecule has 2 amide bonds. The third kappa shape index (κ3) is 4.83. The molecule has 0 aliphatic carbocycles. The number of benzene rings is 2. The van der Waals surface area contributed by atoms with Crippen LogP contribution < -0.4 is 15.5 Å². The van der Waals surface area contributed by atoms with Gasteiger partial charge >= 0.3 is 12.0 Å². The van der Waals surface area contributed by atoms with Crippen molar-refractivity contribution in [3.63, 3.8) is 0 Å². The summed E-state index contributed by atoms with van der Waals surface area (Å²) in [6.45, 7) is 0.887. The van der Waals surface area contributed by atoms with Gasteiger partial charge in [0.25, 0.3) is 0 Å². The molecule has 0 radical (unpaired) electrons. The van der Waals surface area contributed by atoms with Crippen LogP contribution in [0, 0.1) is 11.2 Å². The molecule has 3 rings (SSSR count). The van der Waals surface area contributed by atoms with Crippen LogP contribution in [0.4, 0.5) is 20.6 Å². The molecule has 0 spiro atoms. The number of ether oxygens (including phenoxy) is 1. The Morgan fingerprint density at radius 2 is 1.72 bits per heavy atom. The number of carbonyl (C=O) groups is 2. The van der Waals surface area contributed by atoms with Crippen LogP contribution in [0.25, 0.3) is 0 Å². The maximum Gasteiger partial charge on any atom is 0.329 e. The van der Waals surface area contributed by atoms with E-state index in [9.17, 15) is 14.0 Å². The summed E-state index contributed by atoms with van der Waals surface area (Å²) >= 11 is 0. The molecule has 2 aromatic rings. The Labute approximate surface area is 174 Å². The number of amides is 2. The van der Waals surface area contributed by atoms with E-state index in [0.29, 0.717) is 31.6 Å². The van der Waals surface area contributed by atoms with Crippen LogP contribution in [-0.4, -0.2) is 38.0 Å². The van der Waals surface area contributed by atoms with E-state index in [1.807, 2.05) is 24.3 Å². The first kappa shape index (κ1) is 22.2. The number of esters is 1. The van der Waals surface area contributed by atoms with Crippen LogP contribution in [0.2, 0.25) is 0 Å². The minimum atomic E-state index is -0.633. The highest BCUT2D eigenvalue weighted by atomic mass is 35.5. The molecular formula is C20H22ClFN4O3. The average Bonchev–Trinajstić information content (AvgIpc) is 3.07.